The number of amides is 1. The molecule has 0 heterocycles. The average Bonchev–Trinajstić information content (AvgIpc) is 2.52. The van der Waals surface area contributed by atoms with Gasteiger partial charge in [0, 0.05) is 17.8 Å². The lowest BCUT2D eigenvalue weighted by atomic mass is 10.1. The summed E-state index contributed by atoms with van der Waals surface area (Å²) in [5.41, 5.74) is 8.37. The van der Waals surface area contributed by atoms with Crippen LogP contribution in [0.15, 0.2) is 59.6 Å². The first-order valence-electron chi connectivity index (χ1n) is 7.12. The summed E-state index contributed by atoms with van der Waals surface area (Å²) < 4.78 is 0. The molecule has 0 aliphatic rings. The van der Waals surface area contributed by atoms with Crippen molar-refractivity contribution in [1.29, 1.82) is 0 Å². The average molecular weight is 296 g/mol. The van der Waals surface area contributed by atoms with Gasteiger partial charge in [0.2, 0.25) is 0 Å². The molecule has 0 spiro atoms. The van der Waals surface area contributed by atoms with E-state index < -0.39 is 0 Å². The zero-order valence-electron chi connectivity index (χ0n) is 12.5. The number of nitrogens with zero attached hydrogens (tertiary/aromatic N) is 1. The molecule has 0 aliphatic carbocycles. The fourth-order valence-electron chi connectivity index (χ4n) is 1.94. The van der Waals surface area contributed by atoms with Crippen LogP contribution in [-0.2, 0) is 0 Å². The summed E-state index contributed by atoms with van der Waals surface area (Å²) in [5.74, 6) is 0.226. The van der Waals surface area contributed by atoms with Crippen LogP contribution < -0.4 is 16.4 Å². The Kier molecular flexibility index (Phi) is 5.54. The largest absolute Gasteiger partial charge is 0.370 e. The van der Waals surface area contributed by atoms with Gasteiger partial charge in [0.1, 0.15) is 0 Å². The van der Waals surface area contributed by atoms with Crippen LogP contribution in [0.3, 0.4) is 0 Å². The summed E-state index contributed by atoms with van der Waals surface area (Å²) in [7, 11) is 0. The normalized spacial score (nSPS) is 11.0. The minimum Gasteiger partial charge on any atom is -0.370 e. The Morgan fingerprint density at radius 3 is 2.64 bits per heavy atom. The van der Waals surface area contributed by atoms with Crippen LogP contribution >= 0.6 is 0 Å². The van der Waals surface area contributed by atoms with Crippen molar-refractivity contribution in [2.24, 2.45) is 10.7 Å². The first-order valence-corrected chi connectivity index (χ1v) is 7.12. The number of aliphatic imine (C=N–C) groups is 1. The molecular weight excluding hydrogens is 276 g/mol. The molecular formula is C17H20N4O. The second-order valence-electron chi connectivity index (χ2n) is 4.88. The Labute approximate surface area is 130 Å². The van der Waals surface area contributed by atoms with Crippen molar-refractivity contribution in [2.45, 2.75) is 6.92 Å². The van der Waals surface area contributed by atoms with Gasteiger partial charge in [-0.15, -0.1) is 0 Å². The van der Waals surface area contributed by atoms with Gasteiger partial charge in [-0.1, -0.05) is 35.9 Å². The molecule has 0 saturated heterocycles. The summed E-state index contributed by atoms with van der Waals surface area (Å²) in [6.45, 7) is 2.81. The van der Waals surface area contributed by atoms with Crippen molar-refractivity contribution in [3.8, 4) is 0 Å². The molecule has 0 saturated carbocycles. The van der Waals surface area contributed by atoms with Crippen LogP contribution in [0.2, 0.25) is 0 Å². The van der Waals surface area contributed by atoms with E-state index in [-0.39, 0.29) is 5.91 Å². The van der Waals surface area contributed by atoms with Crippen molar-refractivity contribution in [3.05, 3.63) is 65.7 Å². The monoisotopic (exact) mass is 296 g/mol. The third-order valence-corrected chi connectivity index (χ3v) is 3.01. The SMILES string of the molecule is Cc1cccc(C(=O)NCCN=C(N)Nc2ccccc2)c1. The number of carbonyl (C=O) groups excluding carboxylic acids is 1. The van der Waals surface area contributed by atoms with E-state index in [9.17, 15) is 4.79 Å². The van der Waals surface area contributed by atoms with Crippen LogP contribution in [0.5, 0.6) is 0 Å². The van der Waals surface area contributed by atoms with Crippen molar-refractivity contribution in [2.75, 3.05) is 18.4 Å². The zero-order valence-corrected chi connectivity index (χ0v) is 12.5. The van der Waals surface area contributed by atoms with Gasteiger partial charge in [0.25, 0.3) is 5.91 Å². The Hall–Kier alpha value is -2.82. The lowest BCUT2D eigenvalue weighted by molar-refractivity contribution is 0.0954. The van der Waals surface area contributed by atoms with Crippen LogP contribution in [0.1, 0.15) is 15.9 Å². The maximum absolute atomic E-state index is 11.9. The van der Waals surface area contributed by atoms with Crippen LogP contribution in [-0.4, -0.2) is 25.0 Å². The van der Waals surface area contributed by atoms with Crippen molar-refractivity contribution in [1.82, 2.24) is 5.32 Å². The highest BCUT2D eigenvalue weighted by Gasteiger charge is 2.03. The van der Waals surface area contributed by atoms with Gasteiger partial charge >= 0.3 is 0 Å². The summed E-state index contributed by atoms with van der Waals surface area (Å²) in [6.07, 6.45) is 0. The molecule has 2 rings (SSSR count). The number of hydrogen-bond acceptors (Lipinski definition) is 2. The first kappa shape index (κ1) is 15.6. The Morgan fingerprint density at radius 1 is 1.14 bits per heavy atom. The molecule has 0 bridgehead atoms. The minimum absolute atomic E-state index is 0.103. The molecule has 4 N–H and O–H groups in total. The maximum Gasteiger partial charge on any atom is 0.251 e. The molecule has 2 aromatic carbocycles. The van der Waals surface area contributed by atoms with E-state index >= 15 is 0 Å². The number of nitrogens with one attached hydrogen (secondary N) is 2. The molecule has 1 amide bonds. The Morgan fingerprint density at radius 2 is 1.91 bits per heavy atom. The Balaban J connectivity index is 1.76. The smallest absolute Gasteiger partial charge is 0.251 e. The third-order valence-electron chi connectivity index (χ3n) is 3.01. The number of hydrogen-bond donors (Lipinski definition) is 3. The second-order valence-corrected chi connectivity index (χ2v) is 4.88. The topological polar surface area (TPSA) is 79.5 Å². The number of anilines is 1. The first-order chi connectivity index (χ1) is 10.6. The van der Waals surface area contributed by atoms with Gasteiger partial charge in [-0.2, -0.15) is 0 Å². The quantitative estimate of drug-likeness (QED) is 0.449. The molecule has 0 aromatic heterocycles. The highest BCUT2D eigenvalue weighted by atomic mass is 16.1. The lowest BCUT2D eigenvalue weighted by Crippen LogP contribution is -2.28. The standard InChI is InChI=1S/C17H20N4O/c1-13-6-5-7-14(12-13)16(22)19-10-11-20-17(18)21-15-8-3-2-4-9-15/h2-9,12H,10-11H2,1H3,(H,19,22)(H3,18,20,21). The molecule has 5 heteroatoms. The molecule has 2 aromatic rings. The number of guanidine groups is 1. The number of nitrogens with two attached hydrogens (primary N) is 1. The Bertz CT molecular complexity index is 653. The van der Waals surface area contributed by atoms with E-state index in [2.05, 4.69) is 15.6 Å². The molecule has 22 heavy (non-hydrogen) atoms. The van der Waals surface area contributed by atoms with Crippen molar-refractivity contribution >= 4 is 17.6 Å². The zero-order chi connectivity index (χ0) is 15.8. The van der Waals surface area contributed by atoms with E-state index in [1.54, 1.807) is 6.07 Å². The third kappa shape index (κ3) is 4.94. The molecule has 0 unspecified atom stereocenters. The number of aryl methyl sites for hydroxylation is 1. The number of benzene rings is 2. The highest BCUT2D eigenvalue weighted by Crippen LogP contribution is 2.04. The fraction of sp³-hybridized carbons (Fsp3) is 0.176. The summed E-state index contributed by atoms with van der Waals surface area (Å²) in [6, 6.07) is 17.0. The van der Waals surface area contributed by atoms with Gasteiger partial charge in [-0.05, 0) is 31.2 Å². The van der Waals surface area contributed by atoms with E-state index in [0.717, 1.165) is 11.3 Å². The number of carbonyl (C=O) groups is 1. The van der Waals surface area contributed by atoms with Crippen LogP contribution in [0, 0.1) is 6.92 Å². The van der Waals surface area contributed by atoms with Crippen LogP contribution in [0.25, 0.3) is 0 Å². The van der Waals surface area contributed by atoms with E-state index in [1.807, 2.05) is 55.5 Å². The van der Waals surface area contributed by atoms with Gasteiger partial charge in [-0.3, -0.25) is 9.79 Å². The fourth-order valence-corrected chi connectivity index (χ4v) is 1.94. The van der Waals surface area contributed by atoms with Gasteiger partial charge < -0.3 is 16.4 Å². The lowest BCUT2D eigenvalue weighted by Gasteiger charge is -2.06. The van der Waals surface area contributed by atoms with Gasteiger partial charge in [-0.25, -0.2) is 0 Å². The molecule has 5 nitrogen and oxygen atoms in total. The van der Waals surface area contributed by atoms with Gasteiger partial charge in [0.15, 0.2) is 5.96 Å². The minimum atomic E-state index is -0.103. The molecule has 0 aliphatic heterocycles. The molecule has 114 valence electrons. The van der Waals surface area contributed by atoms with E-state index in [1.165, 1.54) is 0 Å². The maximum atomic E-state index is 11.9. The summed E-state index contributed by atoms with van der Waals surface area (Å²) >= 11 is 0. The van der Waals surface area contributed by atoms with Crippen molar-refractivity contribution < 1.29 is 4.79 Å². The predicted octanol–water partition coefficient (Wildman–Crippen LogP) is 2.15. The summed E-state index contributed by atoms with van der Waals surface area (Å²) in [5, 5.41) is 5.80. The molecule has 0 radical (unpaired) electrons. The van der Waals surface area contributed by atoms with Crippen LogP contribution in [0.4, 0.5) is 5.69 Å². The number of para-hydroxylation sites is 1. The molecule has 0 atom stereocenters. The summed E-state index contributed by atoms with van der Waals surface area (Å²) in [4.78, 5) is 16.1. The molecule has 0 fully saturated rings. The van der Waals surface area contributed by atoms with Gasteiger partial charge in [0.05, 0.1) is 6.54 Å². The number of rotatable bonds is 5. The predicted molar refractivity (Wildman–Crippen MR) is 90.1 cm³/mol. The van der Waals surface area contributed by atoms with E-state index in [0.29, 0.717) is 24.6 Å². The van der Waals surface area contributed by atoms with Crippen molar-refractivity contribution in [3.63, 3.8) is 0 Å². The van der Waals surface area contributed by atoms with E-state index in [4.69, 9.17) is 5.73 Å². The highest BCUT2D eigenvalue weighted by molar-refractivity contribution is 5.94. The second kappa shape index (κ2) is 7.83.